The third-order valence-corrected chi connectivity index (χ3v) is 7.22. The number of rotatable bonds is 8. The Labute approximate surface area is 131 Å². The van der Waals surface area contributed by atoms with Crippen LogP contribution >= 0.6 is 11.3 Å². The molecule has 21 heavy (non-hydrogen) atoms. The zero-order chi connectivity index (χ0) is 16.3. The lowest BCUT2D eigenvalue weighted by atomic mass is 10.3. The van der Waals surface area contributed by atoms with E-state index in [0.717, 1.165) is 22.0 Å². The number of sulfone groups is 1. The SMILES string of the molecule is CCNCc1scc(C)c1S(=O)(=O)N(C)CCS(C)(=O)=O. The molecule has 1 aromatic rings. The second-order valence-electron chi connectivity index (χ2n) is 4.91. The normalized spacial score (nSPS) is 13.0. The zero-order valence-electron chi connectivity index (χ0n) is 12.7. The van der Waals surface area contributed by atoms with E-state index >= 15 is 0 Å². The maximum absolute atomic E-state index is 12.6. The molecule has 0 fully saturated rings. The third-order valence-electron chi connectivity index (χ3n) is 2.97. The summed E-state index contributed by atoms with van der Waals surface area (Å²) >= 11 is 1.40. The van der Waals surface area contributed by atoms with Crippen molar-refractivity contribution in [3.05, 3.63) is 15.8 Å². The van der Waals surface area contributed by atoms with Gasteiger partial charge in [-0.15, -0.1) is 11.3 Å². The summed E-state index contributed by atoms with van der Waals surface area (Å²) in [4.78, 5) is 1.05. The molecule has 0 radical (unpaired) electrons. The summed E-state index contributed by atoms with van der Waals surface area (Å²) in [6.07, 6.45) is 1.10. The minimum Gasteiger partial charge on any atom is -0.312 e. The Morgan fingerprint density at radius 2 is 1.90 bits per heavy atom. The maximum atomic E-state index is 12.6. The van der Waals surface area contributed by atoms with Gasteiger partial charge in [-0.1, -0.05) is 6.92 Å². The second kappa shape index (κ2) is 7.19. The van der Waals surface area contributed by atoms with Gasteiger partial charge in [0, 0.05) is 31.3 Å². The molecule has 0 aliphatic heterocycles. The Kier molecular flexibility index (Phi) is 6.36. The highest BCUT2D eigenvalue weighted by molar-refractivity contribution is 7.91. The molecule has 0 aromatic carbocycles. The quantitative estimate of drug-likeness (QED) is 0.748. The van der Waals surface area contributed by atoms with Gasteiger partial charge in [0.25, 0.3) is 0 Å². The number of aryl methyl sites for hydroxylation is 1. The fourth-order valence-electron chi connectivity index (χ4n) is 1.76. The summed E-state index contributed by atoms with van der Waals surface area (Å²) in [6.45, 7) is 4.90. The van der Waals surface area contributed by atoms with Crippen molar-refractivity contribution in [2.75, 3.05) is 32.1 Å². The van der Waals surface area contributed by atoms with E-state index in [2.05, 4.69) is 5.32 Å². The van der Waals surface area contributed by atoms with Crippen molar-refractivity contribution >= 4 is 31.2 Å². The van der Waals surface area contributed by atoms with E-state index in [1.807, 2.05) is 12.3 Å². The van der Waals surface area contributed by atoms with Crippen LogP contribution in [0.2, 0.25) is 0 Å². The first kappa shape index (κ1) is 18.6. The van der Waals surface area contributed by atoms with Gasteiger partial charge in [0.05, 0.1) is 5.75 Å². The Hall–Kier alpha value is -0.480. The Bertz CT molecular complexity index is 677. The van der Waals surface area contributed by atoms with Gasteiger partial charge in [0.1, 0.15) is 14.7 Å². The van der Waals surface area contributed by atoms with Crippen LogP contribution < -0.4 is 5.32 Å². The number of sulfonamides is 1. The van der Waals surface area contributed by atoms with Gasteiger partial charge in [0.15, 0.2) is 0 Å². The number of hydrogen-bond acceptors (Lipinski definition) is 6. The van der Waals surface area contributed by atoms with Crippen LogP contribution in [0.1, 0.15) is 17.4 Å². The van der Waals surface area contributed by atoms with Gasteiger partial charge in [-0.2, -0.15) is 4.31 Å². The van der Waals surface area contributed by atoms with Gasteiger partial charge < -0.3 is 5.32 Å². The standard InChI is InChI=1S/C12H22N2O4S3/c1-5-13-8-11-12(10(2)9-19-11)21(17,18)14(3)6-7-20(4,15)16/h9,13H,5-8H2,1-4H3. The molecule has 0 aliphatic carbocycles. The largest absolute Gasteiger partial charge is 0.312 e. The maximum Gasteiger partial charge on any atom is 0.244 e. The molecule has 0 unspecified atom stereocenters. The van der Waals surface area contributed by atoms with Crippen molar-refractivity contribution in [3.63, 3.8) is 0 Å². The smallest absolute Gasteiger partial charge is 0.244 e. The molecule has 0 bridgehead atoms. The Morgan fingerprint density at radius 1 is 1.29 bits per heavy atom. The van der Waals surface area contributed by atoms with E-state index in [1.165, 1.54) is 18.4 Å². The monoisotopic (exact) mass is 354 g/mol. The van der Waals surface area contributed by atoms with Crippen molar-refractivity contribution < 1.29 is 16.8 Å². The van der Waals surface area contributed by atoms with Crippen molar-refractivity contribution in [2.45, 2.75) is 25.3 Å². The molecule has 1 rings (SSSR count). The van der Waals surface area contributed by atoms with Crippen molar-refractivity contribution in [1.82, 2.24) is 9.62 Å². The minimum absolute atomic E-state index is 0.0445. The molecular weight excluding hydrogens is 332 g/mol. The molecule has 1 N–H and O–H groups in total. The third kappa shape index (κ3) is 5.03. The van der Waals surface area contributed by atoms with E-state index in [0.29, 0.717) is 17.0 Å². The highest BCUT2D eigenvalue weighted by Crippen LogP contribution is 2.29. The number of nitrogens with one attached hydrogen (secondary N) is 1. The molecule has 0 saturated heterocycles. The number of hydrogen-bond donors (Lipinski definition) is 1. The van der Waals surface area contributed by atoms with E-state index in [4.69, 9.17) is 0 Å². The first-order valence-electron chi connectivity index (χ1n) is 6.51. The number of nitrogens with zero attached hydrogens (tertiary/aromatic N) is 1. The van der Waals surface area contributed by atoms with Crippen LogP contribution in [0.25, 0.3) is 0 Å². The average molecular weight is 355 g/mol. The first-order valence-corrected chi connectivity index (χ1v) is 10.9. The molecule has 0 aliphatic rings. The molecule has 0 atom stereocenters. The van der Waals surface area contributed by atoms with Gasteiger partial charge in [-0.25, -0.2) is 16.8 Å². The van der Waals surface area contributed by atoms with Crippen molar-refractivity contribution in [2.24, 2.45) is 0 Å². The van der Waals surface area contributed by atoms with E-state index in [-0.39, 0.29) is 12.3 Å². The Morgan fingerprint density at radius 3 is 2.43 bits per heavy atom. The van der Waals surface area contributed by atoms with Crippen LogP contribution in [0.15, 0.2) is 10.3 Å². The fourth-order valence-corrected chi connectivity index (χ4v) is 5.38. The molecule has 122 valence electrons. The minimum atomic E-state index is -3.67. The molecule has 6 nitrogen and oxygen atoms in total. The van der Waals surface area contributed by atoms with Gasteiger partial charge in [-0.3, -0.25) is 0 Å². The predicted octanol–water partition coefficient (Wildman–Crippen LogP) is 0.831. The second-order valence-corrected chi connectivity index (χ2v) is 10.1. The topological polar surface area (TPSA) is 83.6 Å². The highest BCUT2D eigenvalue weighted by atomic mass is 32.2. The molecule has 0 saturated carbocycles. The van der Waals surface area contributed by atoms with Gasteiger partial charge in [-0.05, 0) is 24.4 Å². The fraction of sp³-hybridized carbons (Fsp3) is 0.667. The lowest BCUT2D eigenvalue weighted by Crippen LogP contribution is -2.32. The summed E-state index contributed by atoms with van der Waals surface area (Å²) in [7, 11) is -5.46. The van der Waals surface area contributed by atoms with E-state index in [9.17, 15) is 16.8 Å². The van der Waals surface area contributed by atoms with Crippen LogP contribution in [0.3, 0.4) is 0 Å². The van der Waals surface area contributed by atoms with E-state index < -0.39 is 19.9 Å². The van der Waals surface area contributed by atoms with Crippen molar-refractivity contribution in [3.8, 4) is 0 Å². The van der Waals surface area contributed by atoms with Gasteiger partial charge in [0.2, 0.25) is 10.0 Å². The molecular formula is C12H22N2O4S3. The van der Waals surface area contributed by atoms with Crippen molar-refractivity contribution in [1.29, 1.82) is 0 Å². The highest BCUT2D eigenvalue weighted by Gasteiger charge is 2.27. The van der Waals surface area contributed by atoms with Crippen LogP contribution in [0.4, 0.5) is 0 Å². The predicted molar refractivity (Wildman–Crippen MR) is 86.0 cm³/mol. The molecule has 0 spiro atoms. The lowest BCUT2D eigenvalue weighted by molar-refractivity contribution is 0.483. The molecule has 1 heterocycles. The summed E-state index contributed by atoms with van der Waals surface area (Å²) in [6, 6.07) is 0. The average Bonchev–Trinajstić information content (AvgIpc) is 2.74. The summed E-state index contributed by atoms with van der Waals surface area (Å²) in [5.74, 6) is -0.186. The van der Waals surface area contributed by atoms with Crippen LogP contribution in [-0.4, -0.2) is 53.3 Å². The van der Waals surface area contributed by atoms with Crippen LogP contribution in [0.5, 0.6) is 0 Å². The summed E-state index contributed by atoms with van der Waals surface area (Å²) in [5.41, 5.74) is 0.694. The first-order chi connectivity index (χ1) is 9.59. The lowest BCUT2D eigenvalue weighted by Gasteiger charge is -2.18. The van der Waals surface area contributed by atoms with Crippen LogP contribution in [0, 0.1) is 6.92 Å². The summed E-state index contributed by atoms with van der Waals surface area (Å²) < 4.78 is 48.7. The molecule has 1 aromatic heterocycles. The zero-order valence-corrected chi connectivity index (χ0v) is 15.2. The number of thiophene rings is 1. The van der Waals surface area contributed by atoms with Crippen LogP contribution in [-0.2, 0) is 26.4 Å². The van der Waals surface area contributed by atoms with Gasteiger partial charge >= 0.3 is 0 Å². The Balaban J connectivity index is 3.04. The molecule has 0 amide bonds. The van der Waals surface area contributed by atoms with E-state index in [1.54, 1.807) is 6.92 Å². The summed E-state index contributed by atoms with van der Waals surface area (Å²) in [5, 5.41) is 4.93. The molecule has 9 heteroatoms.